The van der Waals surface area contributed by atoms with E-state index in [0.29, 0.717) is 25.4 Å². The Hall–Kier alpha value is -2.93. The van der Waals surface area contributed by atoms with Crippen molar-refractivity contribution in [3.63, 3.8) is 0 Å². The molecule has 0 bridgehead atoms. The van der Waals surface area contributed by atoms with Gasteiger partial charge in [-0.15, -0.1) is 0 Å². The maximum atomic E-state index is 13.1. The highest BCUT2D eigenvalue weighted by Gasteiger charge is 2.43. The van der Waals surface area contributed by atoms with E-state index in [1.165, 1.54) is 17.0 Å². The van der Waals surface area contributed by atoms with Crippen molar-refractivity contribution in [2.45, 2.75) is 25.8 Å². The molecule has 0 spiro atoms. The minimum absolute atomic E-state index is 0.169. The van der Waals surface area contributed by atoms with Crippen molar-refractivity contribution in [1.29, 1.82) is 0 Å². The van der Waals surface area contributed by atoms with Gasteiger partial charge < -0.3 is 9.64 Å². The molecule has 6 nitrogen and oxygen atoms in total. The molecular formula is C23H26FN3O3. The van der Waals surface area contributed by atoms with E-state index >= 15 is 0 Å². The van der Waals surface area contributed by atoms with Gasteiger partial charge in [0, 0.05) is 31.9 Å². The van der Waals surface area contributed by atoms with Gasteiger partial charge in [-0.3, -0.25) is 14.5 Å². The quantitative estimate of drug-likeness (QED) is 0.684. The molecule has 2 aliphatic heterocycles. The lowest BCUT2D eigenvalue weighted by Crippen LogP contribution is -2.52. The van der Waals surface area contributed by atoms with Crippen molar-refractivity contribution in [1.82, 2.24) is 4.90 Å². The van der Waals surface area contributed by atoms with Crippen molar-refractivity contribution in [2.24, 2.45) is 0 Å². The highest BCUT2D eigenvalue weighted by atomic mass is 19.1. The Labute approximate surface area is 175 Å². The molecule has 0 unspecified atom stereocenters. The summed E-state index contributed by atoms with van der Waals surface area (Å²) in [5.74, 6) is 0.135. The predicted octanol–water partition coefficient (Wildman–Crippen LogP) is 3.07. The van der Waals surface area contributed by atoms with Crippen LogP contribution in [0.5, 0.6) is 5.75 Å². The number of rotatable bonds is 6. The number of halogens is 1. The van der Waals surface area contributed by atoms with E-state index in [1.807, 2.05) is 6.92 Å². The van der Waals surface area contributed by atoms with Gasteiger partial charge in [0.2, 0.25) is 5.91 Å². The first-order chi connectivity index (χ1) is 14.6. The molecule has 2 amide bonds. The largest absolute Gasteiger partial charge is 0.494 e. The number of hydrogen-bond acceptors (Lipinski definition) is 5. The number of imide groups is 1. The molecule has 0 aliphatic carbocycles. The Kier molecular flexibility index (Phi) is 5.99. The van der Waals surface area contributed by atoms with Crippen molar-refractivity contribution in [3.05, 3.63) is 54.3 Å². The number of ether oxygens (including phenoxy) is 1. The van der Waals surface area contributed by atoms with Crippen molar-refractivity contribution < 1.29 is 18.7 Å². The van der Waals surface area contributed by atoms with Gasteiger partial charge in [-0.2, -0.15) is 0 Å². The number of anilines is 2. The minimum atomic E-state index is -0.427. The van der Waals surface area contributed by atoms with Gasteiger partial charge in [-0.1, -0.05) is 6.92 Å². The van der Waals surface area contributed by atoms with E-state index in [2.05, 4.69) is 9.80 Å². The summed E-state index contributed by atoms with van der Waals surface area (Å²) >= 11 is 0. The number of amides is 2. The number of carbonyl (C=O) groups excluding carboxylic acids is 2. The Morgan fingerprint density at radius 1 is 0.933 bits per heavy atom. The molecule has 0 N–H and O–H groups in total. The van der Waals surface area contributed by atoms with E-state index in [1.54, 1.807) is 36.4 Å². The van der Waals surface area contributed by atoms with Crippen LogP contribution in [0, 0.1) is 5.82 Å². The monoisotopic (exact) mass is 411 g/mol. The fraction of sp³-hybridized carbons (Fsp3) is 0.391. The first kappa shape index (κ1) is 20.3. The highest BCUT2D eigenvalue weighted by molar-refractivity contribution is 6.22. The molecule has 1 atom stereocenters. The van der Waals surface area contributed by atoms with Crippen LogP contribution in [0.3, 0.4) is 0 Å². The number of piperazine rings is 1. The van der Waals surface area contributed by atoms with E-state index < -0.39 is 6.04 Å². The maximum Gasteiger partial charge on any atom is 0.251 e. The van der Waals surface area contributed by atoms with E-state index in [9.17, 15) is 14.0 Å². The predicted molar refractivity (Wildman–Crippen MR) is 113 cm³/mol. The zero-order valence-corrected chi connectivity index (χ0v) is 17.1. The van der Waals surface area contributed by atoms with Crippen LogP contribution in [0.15, 0.2) is 48.5 Å². The van der Waals surface area contributed by atoms with Gasteiger partial charge in [0.25, 0.3) is 5.91 Å². The van der Waals surface area contributed by atoms with Crippen LogP contribution in [0.25, 0.3) is 0 Å². The van der Waals surface area contributed by atoms with E-state index in [-0.39, 0.29) is 24.1 Å². The Bertz CT molecular complexity index is 893. The number of hydrogen-bond donors (Lipinski definition) is 0. The van der Waals surface area contributed by atoms with Crippen molar-refractivity contribution >= 4 is 23.2 Å². The van der Waals surface area contributed by atoms with Crippen LogP contribution in [0.1, 0.15) is 19.8 Å². The summed E-state index contributed by atoms with van der Waals surface area (Å²) in [5, 5.41) is 0. The second-order valence-electron chi connectivity index (χ2n) is 7.63. The molecule has 2 heterocycles. The van der Waals surface area contributed by atoms with Crippen molar-refractivity contribution in [3.8, 4) is 5.75 Å². The van der Waals surface area contributed by atoms with E-state index in [4.69, 9.17) is 4.74 Å². The molecule has 2 aromatic rings. The zero-order valence-electron chi connectivity index (χ0n) is 17.1. The second-order valence-corrected chi connectivity index (χ2v) is 7.63. The number of carbonyl (C=O) groups is 2. The average molecular weight is 411 g/mol. The molecule has 158 valence electrons. The van der Waals surface area contributed by atoms with Gasteiger partial charge in [-0.25, -0.2) is 9.29 Å². The third kappa shape index (κ3) is 4.16. The van der Waals surface area contributed by atoms with Gasteiger partial charge in [0.1, 0.15) is 11.6 Å². The SMILES string of the molecule is CCCOc1ccc(N2C(=O)C[C@@H](N3CCN(c4ccc(F)cc4)CC3)C2=O)cc1. The van der Waals surface area contributed by atoms with Crippen LogP contribution in [-0.2, 0) is 9.59 Å². The Morgan fingerprint density at radius 2 is 1.57 bits per heavy atom. The highest BCUT2D eigenvalue weighted by Crippen LogP contribution is 2.28. The topological polar surface area (TPSA) is 53.1 Å². The third-order valence-electron chi connectivity index (χ3n) is 5.64. The molecular weight excluding hydrogens is 385 g/mol. The van der Waals surface area contributed by atoms with Gasteiger partial charge >= 0.3 is 0 Å². The summed E-state index contributed by atoms with van der Waals surface area (Å²) in [6, 6.07) is 13.1. The summed E-state index contributed by atoms with van der Waals surface area (Å²) < 4.78 is 18.7. The van der Waals surface area contributed by atoms with Crippen LogP contribution >= 0.6 is 0 Å². The van der Waals surface area contributed by atoms with Gasteiger partial charge in [-0.05, 0) is 55.0 Å². The molecule has 0 radical (unpaired) electrons. The molecule has 2 aromatic carbocycles. The molecule has 2 aliphatic rings. The summed E-state index contributed by atoms with van der Waals surface area (Å²) in [7, 11) is 0. The Morgan fingerprint density at radius 3 is 2.20 bits per heavy atom. The molecule has 2 saturated heterocycles. The van der Waals surface area contributed by atoms with Crippen LogP contribution in [0.2, 0.25) is 0 Å². The fourth-order valence-electron chi connectivity index (χ4n) is 4.03. The molecule has 0 aromatic heterocycles. The first-order valence-electron chi connectivity index (χ1n) is 10.4. The minimum Gasteiger partial charge on any atom is -0.494 e. The van der Waals surface area contributed by atoms with Crippen LogP contribution < -0.4 is 14.5 Å². The standard InChI is InChI=1S/C23H26FN3O3/c1-2-15-30-20-9-7-19(8-10-20)27-22(28)16-21(23(27)29)26-13-11-25(12-14-26)18-5-3-17(24)4-6-18/h3-10,21H,2,11-16H2,1H3/t21-/m1/s1. The smallest absolute Gasteiger partial charge is 0.251 e. The zero-order chi connectivity index (χ0) is 21.1. The lowest BCUT2D eigenvalue weighted by Gasteiger charge is -2.38. The molecule has 2 fully saturated rings. The lowest BCUT2D eigenvalue weighted by molar-refractivity contribution is -0.123. The van der Waals surface area contributed by atoms with Crippen LogP contribution in [-0.4, -0.2) is 55.5 Å². The van der Waals surface area contributed by atoms with E-state index in [0.717, 1.165) is 30.9 Å². The molecule has 30 heavy (non-hydrogen) atoms. The second kappa shape index (κ2) is 8.83. The normalized spacial score (nSPS) is 20.1. The van der Waals surface area contributed by atoms with Crippen molar-refractivity contribution in [2.75, 3.05) is 42.6 Å². The first-order valence-corrected chi connectivity index (χ1v) is 10.4. The van der Waals surface area contributed by atoms with Gasteiger partial charge in [0.05, 0.1) is 24.8 Å². The summed E-state index contributed by atoms with van der Waals surface area (Å²) in [6.07, 6.45) is 1.12. The Balaban J connectivity index is 1.39. The summed E-state index contributed by atoms with van der Waals surface area (Å²) in [4.78, 5) is 31.2. The maximum absolute atomic E-state index is 13.1. The average Bonchev–Trinajstić information content (AvgIpc) is 3.07. The van der Waals surface area contributed by atoms with Crippen LogP contribution in [0.4, 0.5) is 15.8 Å². The molecule has 4 rings (SSSR count). The lowest BCUT2D eigenvalue weighted by atomic mass is 10.1. The number of nitrogens with zero attached hydrogens (tertiary/aromatic N) is 3. The molecule has 7 heteroatoms. The third-order valence-corrected chi connectivity index (χ3v) is 5.64. The van der Waals surface area contributed by atoms with Gasteiger partial charge in [0.15, 0.2) is 0 Å². The molecule has 0 saturated carbocycles. The summed E-state index contributed by atoms with van der Waals surface area (Å²) in [6.45, 7) is 5.49. The number of benzene rings is 2. The fourth-order valence-corrected chi connectivity index (χ4v) is 4.03. The summed E-state index contributed by atoms with van der Waals surface area (Å²) in [5.41, 5.74) is 1.55.